The third-order valence-corrected chi connectivity index (χ3v) is 5.15. The van der Waals surface area contributed by atoms with E-state index in [1.54, 1.807) is 24.2 Å². The fourth-order valence-electron chi connectivity index (χ4n) is 2.90. The molecule has 1 aliphatic heterocycles. The molecule has 2 aromatic carbocycles. The van der Waals surface area contributed by atoms with Crippen molar-refractivity contribution in [3.63, 3.8) is 0 Å². The second-order valence-corrected chi connectivity index (χ2v) is 6.23. The Labute approximate surface area is 127 Å². The SMILES string of the molecule is O=C(c1cccc2ccncc12)C1CSc2ccccc21. The van der Waals surface area contributed by atoms with Gasteiger partial charge in [-0.25, -0.2) is 0 Å². The zero-order chi connectivity index (χ0) is 14.2. The minimum Gasteiger partial charge on any atom is -0.293 e. The molecule has 1 atom stereocenters. The molecule has 2 nitrogen and oxygen atoms in total. The van der Waals surface area contributed by atoms with E-state index in [1.807, 2.05) is 36.4 Å². The van der Waals surface area contributed by atoms with Crippen LogP contribution in [0.3, 0.4) is 0 Å². The Kier molecular flexibility index (Phi) is 3.00. The van der Waals surface area contributed by atoms with Crippen LogP contribution in [0.1, 0.15) is 21.8 Å². The standard InChI is InChI=1S/C18H13NOS/c20-18(16-11-21-17-7-2-1-5-13(16)17)14-6-3-4-12-8-9-19-10-15(12)14/h1-10,16H,11H2. The van der Waals surface area contributed by atoms with Gasteiger partial charge in [0.15, 0.2) is 5.78 Å². The summed E-state index contributed by atoms with van der Waals surface area (Å²) in [6, 6.07) is 16.0. The van der Waals surface area contributed by atoms with Crippen molar-refractivity contribution in [1.29, 1.82) is 0 Å². The first-order valence-electron chi connectivity index (χ1n) is 6.93. The van der Waals surface area contributed by atoms with Crippen LogP contribution in [0.5, 0.6) is 0 Å². The average molecular weight is 291 g/mol. The topological polar surface area (TPSA) is 30.0 Å². The van der Waals surface area contributed by atoms with Gasteiger partial charge in [0.2, 0.25) is 0 Å². The molecule has 2 heterocycles. The lowest BCUT2D eigenvalue weighted by Crippen LogP contribution is -2.13. The normalized spacial score (nSPS) is 16.9. The van der Waals surface area contributed by atoms with Crippen LogP contribution < -0.4 is 0 Å². The van der Waals surface area contributed by atoms with E-state index in [0.717, 1.165) is 27.7 Å². The molecule has 102 valence electrons. The van der Waals surface area contributed by atoms with Gasteiger partial charge in [-0.1, -0.05) is 36.4 Å². The number of fused-ring (bicyclic) bond motifs is 2. The van der Waals surface area contributed by atoms with E-state index in [4.69, 9.17) is 0 Å². The first kappa shape index (κ1) is 12.6. The molecule has 1 aliphatic rings. The van der Waals surface area contributed by atoms with Gasteiger partial charge in [0.25, 0.3) is 0 Å². The summed E-state index contributed by atoms with van der Waals surface area (Å²) in [6.07, 6.45) is 3.55. The van der Waals surface area contributed by atoms with E-state index < -0.39 is 0 Å². The maximum absolute atomic E-state index is 13.0. The molecule has 0 N–H and O–H groups in total. The number of pyridine rings is 1. The second kappa shape index (κ2) is 5.01. The lowest BCUT2D eigenvalue weighted by Gasteiger charge is -2.11. The van der Waals surface area contributed by atoms with Crippen LogP contribution >= 0.6 is 11.8 Å². The fraction of sp³-hybridized carbons (Fsp3) is 0.111. The highest BCUT2D eigenvalue weighted by atomic mass is 32.2. The summed E-state index contributed by atoms with van der Waals surface area (Å²) in [6.45, 7) is 0. The largest absolute Gasteiger partial charge is 0.293 e. The van der Waals surface area contributed by atoms with Gasteiger partial charge in [-0.05, 0) is 23.1 Å². The van der Waals surface area contributed by atoms with E-state index in [9.17, 15) is 4.79 Å². The monoisotopic (exact) mass is 291 g/mol. The number of ketones is 1. The first-order valence-corrected chi connectivity index (χ1v) is 7.92. The van der Waals surface area contributed by atoms with Crippen LogP contribution in [0.2, 0.25) is 0 Å². The summed E-state index contributed by atoms with van der Waals surface area (Å²) in [5.74, 6) is 0.984. The lowest BCUT2D eigenvalue weighted by molar-refractivity contribution is 0.0970. The third-order valence-electron chi connectivity index (χ3n) is 3.97. The molecule has 0 saturated heterocycles. The molecule has 0 spiro atoms. The summed E-state index contributed by atoms with van der Waals surface area (Å²) >= 11 is 1.77. The molecule has 0 radical (unpaired) electrons. The predicted octanol–water partition coefficient (Wildman–Crippen LogP) is 4.31. The van der Waals surface area contributed by atoms with Crippen LogP contribution in [0, 0.1) is 0 Å². The van der Waals surface area contributed by atoms with Crippen molar-refractivity contribution >= 4 is 28.3 Å². The molecule has 1 unspecified atom stereocenters. The van der Waals surface area contributed by atoms with Crippen LogP contribution in [-0.4, -0.2) is 16.5 Å². The average Bonchev–Trinajstić information content (AvgIpc) is 2.98. The first-order chi connectivity index (χ1) is 10.3. The molecule has 0 fully saturated rings. The summed E-state index contributed by atoms with van der Waals surface area (Å²) in [5.41, 5.74) is 1.94. The van der Waals surface area contributed by atoms with Crippen molar-refractivity contribution in [2.75, 3.05) is 5.75 Å². The van der Waals surface area contributed by atoms with Crippen LogP contribution in [-0.2, 0) is 0 Å². The maximum atomic E-state index is 13.0. The van der Waals surface area contributed by atoms with E-state index in [0.29, 0.717) is 0 Å². The van der Waals surface area contributed by atoms with Crippen molar-refractivity contribution in [2.45, 2.75) is 10.8 Å². The zero-order valence-electron chi connectivity index (χ0n) is 11.3. The third kappa shape index (κ3) is 2.05. The highest BCUT2D eigenvalue weighted by Crippen LogP contribution is 2.41. The van der Waals surface area contributed by atoms with E-state index in [2.05, 4.69) is 17.1 Å². The Balaban J connectivity index is 1.82. The van der Waals surface area contributed by atoms with Gasteiger partial charge in [0, 0.05) is 34.0 Å². The number of thioether (sulfide) groups is 1. The second-order valence-electron chi connectivity index (χ2n) is 5.17. The molecule has 1 aromatic heterocycles. The fourth-order valence-corrected chi connectivity index (χ4v) is 4.12. The molecule has 0 amide bonds. The number of benzene rings is 2. The van der Waals surface area contributed by atoms with Crippen molar-refractivity contribution in [1.82, 2.24) is 4.98 Å². The molecule has 4 rings (SSSR count). The summed E-state index contributed by atoms with van der Waals surface area (Å²) in [4.78, 5) is 18.4. The number of hydrogen-bond donors (Lipinski definition) is 0. The van der Waals surface area contributed by atoms with Gasteiger partial charge in [-0.15, -0.1) is 11.8 Å². The Morgan fingerprint density at radius 2 is 2.00 bits per heavy atom. The zero-order valence-corrected chi connectivity index (χ0v) is 12.1. The van der Waals surface area contributed by atoms with E-state index >= 15 is 0 Å². The number of carbonyl (C=O) groups is 1. The summed E-state index contributed by atoms with van der Waals surface area (Å²) in [5, 5.41) is 2.01. The van der Waals surface area contributed by atoms with Crippen molar-refractivity contribution in [2.24, 2.45) is 0 Å². The number of nitrogens with zero attached hydrogens (tertiary/aromatic N) is 1. The minimum atomic E-state index is -0.0444. The minimum absolute atomic E-state index is 0.0444. The molecule has 21 heavy (non-hydrogen) atoms. The summed E-state index contributed by atoms with van der Waals surface area (Å²) in [7, 11) is 0. The maximum Gasteiger partial charge on any atom is 0.171 e. The van der Waals surface area contributed by atoms with Crippen LogP contribution in [0.4, 0.5) is 0 Å². The molecule has 0 bridgehead atoms. The Morgan fingerprint density at radius 1 is 1.10 bits per heavy atom. The summed E-state index contributed by atoms with van der Waals surface area (Å²) < 4.78 is 0. The predicted molar refractivity (Wildman–Crippen MR) is 86.0 cm³/mol. The van der Waals surface area contributed by atoms with Gasteiger partial charge in [-0.3, -0.25) is 9.78 Å². The van der Waals surface area contributed by atoms with Crippen molar-refractivity contribution in [3.8, 4) is 0 Å². The molecule has 3 aromatic rings. The molecular formula is C18H13NOS. The highest BCUT2D eigenvalue weighted by Gasteiger charge is 2.30. The Hall–Kier alpha value is -2.13. The van der Waals surface area contributed by atoms with Gasteiger partial charge in [0.05, 0.1) is 5.92 Å². The quantitative estimate of drug-likeness (QED) is 0.659. The van der Waals surface area contributed by atoms with Crippen molar-refractivity contribution < 1.29 is 4.79 Å². The Morgan fingerprint density at radius 3 is 2.95 bits per heavy atom. The number of hydrogen-bond acceptors (Lipinski definition) is 3. The van der Waals surface area contributed by atoms with Gasteiger partial charge in [-0.2, -0.15) is 0 Å². The number of Topliss-reactive ketones (excluding diaryl/α,β-unsaturated/α-hetero) is 1. The van der Waals surface area contributed by atoms with Crippen LogP contribution in [0.25, 0.3) is 10.8 Å². The highest BCUT2D eigenvalue weighted by molar-refractivity contribution is 7.99. The molecule has 0 saturated carbocycles. The van der Waals surface area contributed by atoms with Gasteiger partial charge < -0.3 is 0 Å². The van der Waals surface area contributed by atoms with Gasteiger partial charge in [0.1, 0.15) is 0 Å². The van der Waals surface area contributed by atoms with E-state index in [-0.39, 0.29) is 11.7 Å². The van der Waals surface area contributed by atoms with Crippen LogP contribution in [0.15, 0.2) is 65.8 Å². The number of aromatic nitrogens is 1. The van der Waals surface area contributed by atoms with Gasteiger partial charge >= 0.3 is 0 Å². The van der Waals surface area contributed by atoms with E-state index in [1.165, 1.54) is 4.90 Å². The molecule has 0 aliphatic carbocycles. The lowest BCUT2D eigenvalue weighted by atomic mass is 9.90. The smallest absolute Gasteiger partial charge is 0.171 e. The molecule has 3 heteroatoms. The Bertz CT molecular complexity index is 838. The number of carbonyl (C=O) groups excluding carboxylic acids is 1. The molecular weight excluding hydrogens is 278 g/mol. The number of rotatable bonds is 2. The van der Waals surface area contributed by atoms with Crippen molar-refractivity contribution in [3.05, 3.63) is 72.1 Å².